The summed E-state index contributed by atoms with van der Waals surface area (Å²) in [6, 6.07) is 7.17. The van der Waals surface area contributed by atoms with Crippen LogP contribution in [-0.2, 0) is 0 Å². The molecule has 92 valence electrons. The Hall–Kier alpha value is -1.51. The van der Waals surface area contributed by atoms with Crippen molar-refractivity contribution < 1.29 is 4.79 Å². The van der Waals surface area contributed by atoms with Gasteiger partial charge in [0.05, 0.1) is 0 Å². The highest BCUT2D eigenvalue weighted by atomic mass is 16.2. The molecule has 0 radical (unpaired) electrons. The molecule has 3 heteroatoms. The molecule has 3 nitrogen and oxygen atoms in total. The van der Waals surface area contributed by atoms with E-state index < -0.39 is 0 Å². The number of likely N-dealkylation sites (tertiary alicyclic amines) is 1. The topological polar surface area (TPSA) is 46.3 Å². The number of benzene rings is 1. The number of nitrogen functional groups attached to an aromatic ring is 1. The third-order valence-electron chi connectivity index (χ3n) is 3.61. The maximum atomic E-state index is 12.2. The lowest BCUT2D eigenvalue weighted by atomic mass is 9.95. The van der Waals surface area contributed by atoms with Gasteiger partial charge in [-0.05, 0) is 42.5 Å². The van der Waals surface area contributed by atoms with E-state index >= 15 is 0 Å². The predicted molar refractivity (Wildman–Crippen MR) is 69.7 cm³/mol. The Bertz CT molecular complexity index is 397. The van der Waals surface area contributed by atoms with Gasteiger partial charge in [-0.25, -0.2) is 0 Å². The van der Waals surface area contributed by atoms with Gasteiger partial charge in [0.25, 0.3) is 5.91 Å². The third-order valence-corrected chi connectivity index (χ3v) is 3.61. The van der Waals surface area contributed by atoms with Gasteiger partial charge in [-0.15, -0.1) is 0 Å². The SMILES string of the molecule is CC(C)C1CCN(C(=O)c2ccc(N)cc2)C1. The standard InChI is InChI=1S/C14H20N2O/c1-10(2)12-7-8-16(9-12)14(17)11-3-5-13(15)6-4-11/h3-6,10,12H,7-9,15H2,1-2H3. The van der Waals surface area contributed by atoms with Crippen LogP contribution in [0, 0.1) is 11.8 Å². The molecule has 0 bridgehead atoms. The Morgan fingerprint density at radius 3 is 2.53 bits per heavy atom. The van der Waals surface area contributed by atoms with E-state index in [0.717, 1.165) is 25.1 Å². The molecule has 1 aliphatic heterocycles. The van der Waals surface area contributed by atoms with Crippen molar-refractivity contribution in [1.82, 2.24) is 4.90 Å². The van der Waals surface area contributed by atoms with Gasteiger partial charge in [0.2, 0.25) is 0 Å². The summed E-state index contributed by atoms with van der Waals surface area (Å²) in [4.78, 5) is 14.2. The lowest BCUT2D eigenvalue weighted by Gasteiger charge is -2.18. The molecule has 1 aromatic carbocycles. The minimum atomic E-state index is 0.133. The first kappa shape index (κ1) is 12.0. The van der Waals surface area contributed by atoms with E-state index in [4.69, 9.17) is 5.73 Å². The Morgan fingerprint density at radius 2 is 2.00 bits per heavy atom. The normalized spacial score (nSPS) is 19.9. The van der Waals surface area contributed by atoms with Gasteiger partial charge in [-0.2, -0.15) is 0 Å². The number of hydrogen-bond donors (Lipinski definition) is 1. The second-order valence-electron chi connectivity index (χ2n) is 5.17. The summed E-state index contributed by atoms with van der Waals surface area (Å²) in [5.41, 5.74) is 7.05. The average molecular weight is 232 g/mol. The fourth-order valence-electron chi connectivity index (χ4n) is 2.32. The highest BCUT2D eigenvalue weighted by Crippen LogP contribution is 2.24. The highest BCUT2D eigenvalue weighted by Gasteiger charge is 2.28. The summed E-state index contributed by atoms with van der Waals surface area (Å²) < 4.78 is 0. The fraction of sp³-hybridized carbons (Fsp3) is 0.500. The molecule has 1 amide bonds. The van der Waals surface area contributed by atoms with Gasteiger partial charge in [0, 0.05) is 24.3 Å². The van der Waals surface area contributed by atoms with Crippen LogP contribution in [-0.4, -0.2) is 23.9 Å². The van der Waals surface area contributed by atoms with Gasteiger partial charge in [-0.1, -0.05) is 13.8 Å². The first-order valence-electron chi connectivity index (χ1n) is 6.22. The summed E-state index contributed by atoms with van der Waals surface area (Å²) in [5, 5.41) is 0. The Balaban J connectivity index is 2.04. The first-order chi connectivity index (χ1) is 8.08. The van der Waals surface area contributed by atoms with Crippen molar-refractivity contribution in [2.24, 2.45) is 11.8 Å². The molecule has 1 aromatic rings. The molecular formula is C14H20N2O. The number of nitrogens with zero attached hydrogens (tertiary/aromatic N) is 1. The molecule has 17 heavy (non-hydrogen) atoms. The lowest BCUT2D eigenvalue weighted by molar-refractivity contribution is 0.0784. The van der Waals surface area contributed by atoms with Crippen molar-refractivity contribution in [1.29, 1.82) is 0 Å². The van der Waals surface area contributed by atoms with E-state index in [1.54, 1.807) is 24.3 Å². The number of rotatable bonds is 2. The number of hydrogen-bond acceptors (Lipinski definition) is 2. The molecule has 2 rings (SSSR count). The highest BCUT2D eigenvalue weighted by molar-refractivity contribution is 5.94. The van der Waals surface area contributed by atoms with Crippen LogP contribution in [0.25, 0.3) is 0 Å². The molecule has 0 saturated carbocycles. The lowest BCUT2D eigenvalue weighted by Crippen LogP contribution is -2.29. The molecule has 1 unspecified atom stereocenters. The Kier molecular flexibility index (Phi) is 3.36. The van der Waals surface area contributed by atoms with Crippen molar-refractivity contribution in [2.75, 3.05) is 18.8 Å². The van der Waals surface area contributed by atoms with Crippen LogP contribution in [0.4, 0.5) is 5.69 Å². The van der Waals surface area contributed by atoms with Crippen LogP contribution in [0.5, 0.6) is 0 Å². The Morgan fingerprint density at radius 1 is 1.35 bits per heavy atom. The number of carbonyl (C=O) groups is 1. The molecule has 1 saturated heterocycles. The van der Waals surface area contributed by atoms with Crippen LogP contribution in [0.3, 0.4) is 0 Å². The van der Waals surface area contributed by atoms with Gasteiger partial charge >= 0.3 is 0 Å². The van der Waals surface area contributed by atoms with Gasteiger partial charge in [-0.3, -0.25) is 4.79 Å². The molecule has 0 aliphatic carbocycles. The average Bonchev–Trinajstić information content (AvgIpc) is 2.78. The largest absolute Gasteiger partial charge is 0.399 e. The smallest absolute Gasteiger partial charge is 0.253 e. The van der Waals surface area contributed by atoms with Gasteiger partial charge < -0.3 is 10.6 Å². The molecule has 1 atom stereocenters. The summed E-state index contributed by atoms with van der Waals surface area (Å²) in [6.45, 7) is 6.22. The van der Waals surface area contributed by atoms with E-state index in [0.29, 0.717) is 17.5 Å². The van der Waals surface area contributed by atoms with Crippen LogP contribution >= 0.6 is 0 Å². The van der Waals surface area contributed by atoms with Crippen LogP contribution in [0.1, 0.15) is 30.6 Å². The fourth-order valence-corrected chi connectivity index (χ4v) is 2.32. The Labute approximate surface area is 103 Å². The monoisotopic (exact) mass is 232 g/mol. The van der Waals surface area contributed by atoms with Gasteiger partial charge in [0.1, 0.15) is 0 Å². The number of anilines is 1. The zero-order chi connectivity index (χ0) is 12.4. The van der Waals surface area contributed by atoms with E-state index in [9.17, 15) is 4.79 Å². The predicted octanol–water partition coefficient (Wildman–Crippen LogP) is 2.39. The van der Waals surface area contributed by atoms with Crippen LogP contribution in [0.2, 0.25) is 0 Å². The minimum Gasteiger partial charge on any atom is -0.399 e. The summed E-state index contributed by atoms with van der Waals surface area (Å²) in [5.74, 6) is 1.43. The summed E-state index contributed by atoms with van der Waals surface area (Å²) in [7, 11) is 0. The minimum absolute atomic E-state index is 0.133. The van der Waals surface area contributed by atoms with Crippen molar-refractivity contribution in [3.8, 4) is 0 Å². The number of nitrogens with two attached hydrogens (primary N) is 1. The van der Waals surface area contributed by atoms with Crippen LogP contribution in [0.15, 0.2) is 24.3 Å². The van der Waals surface area contributed by atoms with E-state index in [1.165, 1.54) is 0 Å². The molecule has 1 heterocycles. The third kappa shape index (κ3) is 2.60. The van der Waals surface area contributed by atoms with Crippen molar-refractivity contribution >= 4 is 11.6 Å². The summed E-state index contributed by atoms with van der Waals surface area (Å²) in [6.07, 6.45) is 1.12. The van der Waals surface area contributed by atoms with Crippen molar-refractivity contribution in [2.45, 2.75) is 20.3 Å². The van der Waals surface area contributed by atoms with Crippen LogP contribution < -0.4 is 5.73 Å². The maximum absolute atomic E-state index is 12.2. The molecule has 0 spiro atoms. The number of amides is 1. The second-order valence-corrected chi connectivity index (χ2v) is 5.17. The quantitative estimate of drug-likeness (QED) is 0.796. The second kappa shape index (κ2) is 4.78. The molecule has 1 fully saturated rings. The maximum Gasteiger partial charge on any atom is 0.253 e. The summed E-state index contributed by atoms with van der Waals surface area (Å²) >= 11 is 0. The van der Waals surface area contributed by atoms with E-state index in [-0.39, 0.29) is 5.91 Å². The van der Waals surface area contributed by atoms with E-state index in [1.807, 2.05) is 4.90 Å². The number of carbonyl (C=O) groups excluding carboxylic acids is 1. The van der Waals surface area contributed by atoms with Crippen molar-refractivity contribution in [3.05, 3.63) is 29.8 Å². The zero-order valence-corrected chi connectivity index (χ0v) is 10.5. The van der Waals surface area contributed by atoms with Gasteiger partial charge in [0.15, 0.2) is 0 Å². The molecular weight excluding hydrogens is 212 g/mol. The van der Waals surface area contributed by atoms with Crippen molar-refractivity contribution in [3.63, 3.8) is 0 Å². The molecule has 2 N–H and O–H groups in total. The molecule has 1 aliphatic rings. The van der Waals surface area contributed by atoms with E-state index in [2.05, 4.69) is 13.8 Å². The molecule has 0 aromatic heterocycles. The first-order valence-corrected chi connectivity index (χ1v) is 6.22. The zero-order valence-electron chi connectivity index (χ0n) is 10.5.